The van der Waals surface area contributed by atoms with Crippen LogP contribution in [0, 0.1) is 0 Å². The van der Waals surface area contributed by atoms with E-state index in [-0.39, 0.29) is 0 Å². The van der Waals surface area contributed by atoms with E-state index in [0.717, 1.165) is 6.42 Å². The molecule has 78 valence electrons. The molecular weight excluding hydrogens is 182 g/mol. The molecule has 1 N–H and O–H groups in total. The monoisotopic (exact) mass is 199 g/mol. The number of rotatable bonds is 3. The molecule has 0 aliphatic heterocycles. The van der Waals surface area contributed by atoms with Gasteiger partial charge in [-0.25, -0.2) is 0 Å². The highest BCUT2D eigenvalue weighted by atomic mass is 14.9. The van der Waals surface area contributed by atoms with Gasteiger partial charge in [0.25, 0.3) is 0 Å². The Hall–Kier alpha value is -1.50. The van der Waals surface area contributed by atoms with Crippen LogP contribution in [0.4, 0.5) is 0 Å². The molecule has 1 aromatic carbocycles. The molecule has 0 aromatic heterocycles. The van der Waals surface area contributed by atoms with Crippen molar-refractivity contribution < 1.29 is 0 Å². The Labute approximate surface area is 91.5 Å². The van der Waals surface area contributed by atoms with Crippen molar-refractivity contribution >= 4 is 0 Å². The summed E-state index contributed by atoms with van der Waals surface area (Å²) in [5, 5.41) is 3.51. The van der Waals surface area contributed by atoms with E-state index in [2.05, 4.69) is 60.8 Å². The SMILES string of the molecule is CC(NC1=CCCC=C1)c1ccccc1. The van der Waals surface area contributed by atoms with E-state index in [1.54, 1.807) is 0 Å². The van der Waals surface area contributed by atoms with Gasteiger partial charge >= 0.3 is 0 Å². The quantitative estimate of drug-likeness (QED) is 0.784. The second kappa shape index (κ2) is 4.83. The van der Waals surface area contributed by atoms with Gasteiger partial charge in [-0.05, 0) is 31.4 Å². The van der Waals surface area contributed by atoms with Crippen LogP contribution in [0.5, 0.6) is 0 Å². The molecule has 1 heteroatoms. The molecule has 0 fully saturated rings. The fourth-order valence-electron chi connectivity index (χ4n) is 1.80. The van der Waals surface area contributed by atoms with Gasteiger partial charge in [-0.2, -0.15) is 0 Å². The lowest BCUT2D eigenvalue weighted by molar-refractivity contribution is 0.659. The number of hydrogen-bond donors (Lipinski definition) is 1. The summed E-state index contributed by atoms with van der Waals surface area (Å²) in [7, 11) is 0. The first-order chi connectivity index (χ1) is 7.36. The van der Waals surface area contributed by atoms with Crippen molar-refractivity contribution in [1.29, 1.82) is 0 Å². The van der Waals surface area contributed by atoms with Crippen molar-refractivity contribution in [3.8, 4) is 0 Å². The predicted molar refractivity (Wildman–Crippen MR) is 64.4 cm³/mol. The van der Waals surface area contributed by atoms with E-state index in [9.17, 15) is 0 Å². The fraction of sp³-hybridized carbons (Fsp3) is 0.286. The van der Waals surface area contributed by atoms with Crippen molar-refractivity contribution in [2.24, 2.45) is 0 Å². The van der Waals surface area contributed by atoms with Gasteiger partial charge in [-0.1, -0.05) is 42.5 Å². The molecule has 0 amide bonds. The van der Waals surface area contributed by atoms with Gasteiger partial charge in [0.05, 0.1) is 0 Å². The Morgan fingerprint density at radius 1 is 1.13 bits per heavy atom. The van der Waals surface area contributed by atoms with Crippen molar-refractivity contribution in [1.82, 2.24) is 5.32 Å². The number of benzene rings is 1. The normalized spacial score (nSPS) is 17.0. The van der Waals surface area contributed by atoms with E-state index in [4.69, 9.17) is 0 Å². The smallest absolute Gasteiger partial charge is 0.0485 e. The highest BCUT2D eigenvalue weighted by molar-refractivity contribution is 5.25. The zero-order valence-electron chi connectivity index (χ0n) is 9.11. The molecule has 15 heavy (non-hydrogen) atoms. The van der Waals surface area contributed by atoms with Crippen molar-refractivity contribution in [3.05, 3.63) is 59.8 Å². The van der Waals surface area contributed by atoms with Crippen LogP contribution < -0.4 is 5.32 Å². The first-order valence-corrected chi connectivity index (χ1v) is 5.54. The van der Waals surface area contributed by atoms with E-state index in [1.165, 1.54) is 17.7 Å². The summed E-state index contributed by atoms with van der Waals surface area (Å²) in [4.78, 5) is 0. The molecule has 1 aliphatic carbocycles. The van der Waals surface area contributed by atoms with Crippen LogP contribution in [0.25, 0.3) is 0 Å². The van der Waals surface area contributed by atoms with Crippen molar-refractivity contribution in [2.45, 2.75) is 25.8 Å². The molecule has 0 spiro atoms. The standard InChI is InChI=1S/C14H17N/c1-12(13-8-4-2-5-9-13)15-14-10-6-3-7-11-14/h2,4-6,8-12,15H,3,7H2,1H3. The Kier molecular flexibility index (Phi) is 3.23. The lowest BCUT2D eigenvalue weighted by atomic mass is 10.1. The summed E-state index contributed by atoms with van der Waals surface area (Å²) in [6, 6.07) is 10.9. The molecule has 0 saturated carbocycles. The molecule has 1 aliphatic rings. The van der Waals surface area contributed by atoms with Crippen molar-refractivity contribution in [3.63, 3.8) is 0 Å². The van der Waals surface area contributed by atoms with E-state index in [0.29, 0.717) is 6.04 Å². The summed E-state index contributed by atoms with van der Waals surface area (Å²) < 4.78 is 0. The lowest BCUT2D eigenvalue weighted by Crippen LogP contribution is -2.17. The van der Waals surface area contributed by atoms with Gasteiger partial charge in [0, 0.05) is 11.7 Å². The van der Waals surface area contributed by atoms with Gasteiger partial charge in [-0.15, -0.1) is 0 Å². The van der Waals surface area contributed by atoms with E-state index >= 15 is 0 Å². The van der Waals surface area contributed by atoms with Crippen LogP contribution >= 0.6 is 0 Å². The summed E-state index contributed by atoms with van der Waals surface area (Å²) >= 11 is 0. The van der Waals surface area contributed by atoms with Crippen LogP contribution in [0.1, 0.15) is 31.4 Å². The first kappa shape index (κ1) is 10.0. The second-order valence-corrected chi connectivity index (χ2v) is 3.92. The molecule has 1 nitrogen and oxygen atoms in total. The maximum absolute atomic E-state index is 3.51. The highest BCUT2D eigenvalue weighted by Crippen LogP contribution is 2.15. The number of hydrogen-bond acceptors (Lipinski definition) is 1. The fourth-order valence-corrected chi connectivity index (χ4v) is 1.80. The highest BCUT2D eigenvalue weighted by Gasteiger charge is 2.05. The number of nitrogens with one attached hydrogen (secondary N) is 1. The minimum Gasteiger partial charge on any atom is -0.379 e. The lowest BCUT2D eigenvalue weighted by Gasteiger charge is -2.17. The second-order valence-electron chi connectivity index (χ2n) is 3.92. The molecule has 1 aromatic rings. The molecule has 0 heterocycles. The van der Waals surface area contributed by atoms with Crippen LogP contribution in [0.2, 0.25) is 0 Å². The predicted octanol–water partition coefficient (Wildman–Crippen LogP) is 3.57. The summed E-state index contributed by atoms with van der Waals surface area (Å²) in [6.07, 6.45) is 8.98. The van der Waals surface area contributed by atoms with Gasteiger partial charge in [0.2, 0.25) is 0 Å². The maximum atomic E-state index is 3.51. The Balaban J connectivity index is 2.01. The molecule has 1 unspecified atom stereocenters. The summed E-state index contributed by atoms with van der Waals surface area (Å²) in [5.41, 5.74) is 2.58. The molecular formula is C14H17N. The third-order valence-electron chi connectivity index (χ3n) is 2.68. The molecule has 1 atom stereocenters. The van der Waals surface area contributed by atoms with Crippen LogP contribution in [0.15, 0.2) is 54.3 Å². The minimum atomic E-state index is 0.375. The van der Waals surface area contributed by atoms with Gasteiger partial charge in [0.1, 0.15) is 0 Å². The van der Waals surface area contributed by atoms with Crippen LogP contribution in [-0.4, -0.2) is 0 Å². The summed E-state index contributed by atoms with van der Waals surface area (Å²) in [6.45, 7) is 2.19. The average molecular weight is 199 g/mol. The number of allylic oxidation sites excluding steroid dienone is 3. The summed E-state index contributed by atoms with van der Waals surface area (Å²) in [5.74, 6) is 0. The zero-order chi connectivity index (χ0) is 10.5. The Morgan fingerprint density at radius 2 is 1.93 bits per heavy atom. The van der Waals surface area contributed by atoms with Gasteiger partial charge in [-0.3, -0.25) is 0 Å². The van der Waals surface area contributed by atoms with Crippen molar-refractivity contribution in [2.75, 3.05) is 0 Å². The Morgan fingerprint density at radius 3 is 2.60 bits per heavy atom. The molecule has 0 radical (unpaired) electrons. The first-order valence-electron chi connectivity index (χ1n) is 5.54. The molecule has 0 saturated heterocycles. The van der Waals surface area contributed by atoms with Gasteiger partial charge < -0.3 is 5.32 Å². The Bertz CT molecular complexity index is 362. The maximum Gasteiger partial charge on any atom is 0.0485 e. The van der Waals surface area contributed by atoms with E-state index in [1.807, 2.05) is 0 Å². The zero-order valence-corrected chi connectivity index (χ0v) is 9.11. The molecule has 2 rings (SSSR count). The van der Waals surface area contributed by atoms with Gasteiger partial charge in [0.15, 0.2) is 0 Å². The van der Waals surface area contributed by atoms with Crippen LogP contribution in [0.3, 0.4) is 0 Å². The third kappa shape index (κ3) is 2.72. The van der Waals surface area contributed by atoms with E-state index < -0.39 is 0 Å². The third-order valence-corrected chi connectivity index (χ3v) is 2.68. The molecule has 0 bridgehead atoms. The van der Waals surface area contributed by atoms with Crippen LogP contribution in [-0.2, 0) is 0 Å². The average Bonchev–Trinajstić information content (AvgIpc) is 2.31. The minimum absolute atomic E-state index is 0.375. The largest absolute Gasteiger partial charge is 0.379 e. The topological polar surface area (TPSA) is 12.0 Å².